The first-order valence-electron chi connectivity index (χ1n) is 12.1. The van der Waals surface area contributed by atoms with Crippen LogP contribution in [0.1, 0.15) is 106 Å². The summed E-state index contributed by atoms with van der Waals surface area (Å²) in [5.41, 5.74) is 3.33. The molecule has 1 nitrogen and oxygen atoms in total. The lowest BCUT2D eigenvalue weighted by atomic mass is 9.77. The van der Waals surface area contributed by atoms with E-state index in [9.17, 15) is 4.39 Å². The average Bonchev–Trinajstić information content (AvgIpc) is 2.80. The van der Waals surface area contributed by atoms with Crippen LogP contribution in [0.4, 0.5) is 4.39 Å². The molecule has 1 saturated carbocycles. The summed E-state index contributed by atoms with van der Waals surface area (Å²) < 4.78 is 14.7. The van der Waals surface area contributed by atoms with Crippen molar-refractivity contribution < 1.29 is 4.39 Å². The fraction of sp³-hybridized carbons (Fsp3) is 0.483. The van der Waals surface area contributed by atoms with Gasteiger partial charge >= 0.3 is 0 Å². The number of pyridine rings is 1. The predicted octanol–water partition coefficient (Wildman–Crippen LogP) is 8.29. The third kappa shape index (κ3) is 7.35. The van der Waals surface area contributed by atoms with Crippen LogP contribution in [0.3, 0.4) is 0 Å². The van der Waals surface area contributed by atoms with Crippen LogP contribution in [0, 0.1) is 23.6 Å². The van der Waals surface area contributed by atoms with E-state index in [0.717, 1.165) is 35.6 Å². The van der Waals surface area contributed by atoms with Gasteiger partial charge in [0.1, 0.15) is 5.82 Å². The van der Waals surface area contributed by atoms with Gasteiger partial charge in [0.15, 0.2) is 0 Å². The number of aromatic nitrogens is 1. The molecule has 0 amide bonds. The lowest BCUT2D eigenvalue weighted by Crippen LogP contribution is -2.13. The lowest BCUT2D eigenvalue weighted by molar-refractivity contribution is 0.302. The van der Waals surface area contributed by atoms with Crippen molar-refractivity contribution in [2.24, 2.45) is 5.92 Å². The van der Waals surface area contributed by atoms with Crippen LogP contribution < -0.4 is 0 Å². The van der Waals surface area contributed by atoms with Crippen LogP contribution in [0.25, 0.3) is 6.08 Å². The highest BCUT2D eigenvalue weighted by atomic mass is 19.1. The van der Waals surface area contributed by atoms with Gasteiger partial charge in [0.05, 0.1) is 11.3 Å². The van der Waals surface area contributed by atoms with Crippen molar-refractivity contribution in [3.63, 3.8) is 0 Å². The Bertz CT molecular complexity index is 893. The van der Waals surface area contributed by atoms with Crippen molar-refractivity contribution in [1.29, 1.82) is 0 Å². The first kappa shape index (κ1) is 23.3. The van der Waals surface area contributed by atoms with Crippen molar-refractivity contribution in [1.82, 2.24) is 4.98 Å². The Labute approximate surface area is 188 Å². The Balaban J connectivity index is 1.57. The van der Waals surface area contributed by atoms with E-state index in [4.69, 9.17) is 0 Å². The van der Waals surface area contributed by atoms with Gasteiger partial charge in [-0.05, 0) is 79.8 Å². The topological polar surface area (TPSA) is 12.9 Å². The van der Waals surface area contributed by atoms with Gasteiger partial charge in [0, 0.05) is 11.8 Å². The molecule has 0 unspecified atom stereocenters. The normalized spacial score (nSPS) is 18.7. The van der Waals surface area contributed by atoms with E-state index in [2.05, 4.69) is 42.8 Å². The summed E-state index contributed by atoms with van der Waals surface area (Å²) in [6.07, 6.45) is 18.4. The van der Waals surface area contributed by atoms with Gasteiger partial charge < -0.3 is 0 Å². The van der Waals surface area contributed by atoms with E-state index < -0.39 is 0 Å². The van der Waals surface area contributed by atoms with Crippen LogP contribution in [0.5, 0.6) is 0 Å². The minimum Gasteiger partial charge on any atom is -0.256 e. The van der Waals surface area contributed by atoms with Crippen LogP contribution in [-0.2, 0) is 0 Å². The van der Waals surface area contributed by atoms with E-state index in [0.29, 0.717) is 11.5 Å². The summed E-state index contributed by atoms with van der Waals surface area (Å²) in [6, 6.07) is 9.53. The van der Waals surface area contributed by atoms with Crippen LogP contribution in [0.2, 0.25) is 0 Å². The van der Waals surface area contributed by atoms with Crippen LogP contribution >= 0.6 is 0 Å². The molecule has 0 atom stereocenters. The fourth-order valence-electron chi connectivity index (χ4n) is 4.44. The summed E-state index contributed by atoms with van der Waals surface area (Å²) in [5.74, 6) is 7.20. The molecule has 0 saturated heterocycles. The van der Waals surface area contributed by atoms with E-state index in [-0.39, 0.29) is 5.82 Å². The maximum absolute atomic E-state index is 14.7. The smallest absolute Gasteiger partial charge is 0.139 e. The number of halogens is 1. The number of benzene rings is 1. The van der Waals surface area contributed by atoms with Gasteiger partial charge in [-0.15, -0.1) is 0 Å². The molecule has 1 aromatic heterocycles. The second-order valence-electron chi connectivity index (χ2n) is 8.87. The largest absolute Gasteiger partial charge is 0.256 e. The van der Waals surface area contributed by atoms with E-state index in [1.807, 2.05) is 24.3 Å². The summed E-state index contributed by atoms with van der Waals surface area (Å²) in [4.78, 5) is 4.41. The van der Waals surface area contributed by atoms with Crippen LogP contribution in [-0.4, -0.2) is 4.98 Å². The number of nitrogens with zero attached hydrogens (tertiary/aromatic N) is 1. The lowest BCUT2D eigenvalue weighted by Gasteiger charge is -2.29. The average molecular weight is 418 g/mol. The Morgan fingerprint density at radius 2 is 1.84 bits per heavy atom. The Hall–Kier alpha value is -2.40. The van der Waals surface area contributed by atoms with Crippen molar-refractivity contribution in [3.05, 3.63) is 70.8 Å². The highest BCUT2D eigenvalue weighted by Crippen LogP contribution is 2.38. The second kappa shape index (κ2) is 12.5. The third-order valence-corrected chi connectivity index (χ3v) is 6.40. The predicted molar refractivity (Wildman–Crippen MR) is 129 cm³/mol. The first-order chi connectivity index (χ1) is 15.2. The standard InChI is InChI=1S/C29H36FN/c1-3-5-7-9-23-11-15-25(16-12-23)27-19-18-26(29(30)21-27)17-13-24-14-20-28(31-22-24)10-8-6-4-2/h8,10,14,18-23,25H,3-7,9,11-12,15-16H2,1-2H3/b10-8+/t23-,25-. The van der Waals surface area contributed by atoms with Gasteiger partial charge in [0.2, 0.25) is 0 Å². The highest BCUT2D eigenvalue weighted by molar-refractivity contribution is 5.48. The highest BCUT2D eigenvalue weighted by Gasteiger charge is 2.22. The van der Waals surface area contributed by atoms with Gasteiger partial charge in [-0.25, -0.2) is 4.39 Å². The molecule has 1 heterocycles. The Kier molecular flexibility index (Phi) is 9.35. The summed E-state index contributed by atoms with van der Waals surface area (Å²) in [6.45, 7) is 4.42. The molecule has 1 aromatic carbocycles. The summed E-state index contributed by atoms with van der Waals surface area (Å²) >= 11 is 0. The molecule has 0 aliphatic heterocycles. The van der Waals surface area contributed by atoms with E-state index in [1.54, 1.807) is 12.3 Å². The first-order valence-corrected chi connectivity index (χ1v) is 12.1. The maximum atomic E-state index is 14.7. The fourth-order valence-corrected chi connectivity index (χ4v) is 4.44. The molecule has 164 valence electrons. The third-order valence-electron chi connectivity index (χ3n) is 6.40. The zero-order valence-corrected chi connectivity index (χ0v) is 19.2. The molecular formula is C29H36FN. The summed E-state index contributed by atoms with van der Waals surface area (Å²) in [5, 5.41) is 0. The SMILES string of the molecule is CCC/C=C/c1ccc(C#Cc2ccc([C@H]3CC[C@H](CCCCC)CC3)cc2F)cn1. The van der Waals surface area contributed by atoms with Gasteiger partial charge in [-0.1, -0.05) is 69.9 Å². The molecule has 0 bridgehead atoms. The minimum absolute atomic E-state index is 0.206. The number of rotatable bonds is 8. The van der Waals surface area contributed by atoms with Crippen molar-refractivity contribution >= 4 is 6.08 Å². The molecular weight excluding hydrogens is 381 g/mol. The zero-order valence-electron chi connectivity index (χ0n) is 19.2. The van der Waals surface area contributed by atoms with Crippen molar-refractivity contribution in [2.75, 3.05) is 0 Å². The number of hydrogen-bond acceptors (Lipinski definition) is 1. The quantitative estimate of drug-likeness (QED) is 0.311. The van der Waals surface area contributed by atoms with Gasteiger partial charge in [0.25, 0.3) is 0 Å². The zero-order chi connectivity index (χ0) is 21.9. The molecule has 1 aliphatic rings. The second-order valence-corrected chi connectivity index (χ2v) is 8.87. The van der Waals surface area contributed by atoms with E-state index in [1.165, 1.54) is 51.4 Å². The van der Waals surface area contributed by atoms with Crippen LogP contribution in [0.15, 0.2) is 42.6 Å². The van der Waals surface area contributed by atoms with E-state index >= 15 is 0 Å². The molecule has 0 radical (unpaired) electrons. The number of unbranched alkanes of at least 4 members (excludes halogenated alkanes) is 3. The molecule has 0 N–H and O–H groups in total. The molecule has 3 rings (SSSR count). The number of hydrogen-bond donors (Lipinski definition) is 0. The van der Waals surface area contributed by atoms with Gasteiger partial charge in [-0.3, -0.25) is 4.98 Å². The summed E-state index contributed by atoms with van der Waals surface area (Å²) in [7, 11) is 0. The Morgan fingerprint density at radius 3 is 2.52 bits per heavy atom. The number of allylic oxidation sites excluding steroid dienone is 1. The Morgan fingerprint density at radius 1 is 1.00 bits per heavy atom. The van der Waals surface area contributed by atoms with Gasteiger partial charge in [-0.2, -0.15) is 0 Å². The molecule has 2 heteroatoms. The molecule has 2 aromatic rings. The molecule has 31 heavy (non-hydrogen) atoms. The molecule has 1 fully saturated rings. The monoisotopic (exact) mass is 417 g/mol. The van der Waals surface area contributed by atoms with Crippen molar-refractivity contribution in [2.45, 2.75) is 84.0 Å². The molecule has 1 aliphatic carbocycles. The minimum atomic E-state index is -0.206. The maximum Gasteiger partial charge on any atom is 0.139 e. The van der Waals surface area contributed by atoms with Crippen molar-refractivity contribution in [3.8, 4) is 11.8 Å². The molecule has 0 spiro atoms.